The number of guanidine groups is 1. The normalized spacial score (nSPS) is 13.9. The molecule has 29 heavy (non-hydrogen) atoms. The fourth-order valence-electron chi connectivity index (χ4n) is 3.35. The molecule has 2 N–H and O–H groups in total. The quantitative estimate of drug-likeness (QED) is 0.341. The van der Waals surface area contributed by atoms with Gasteiger partial charge in [-0.05, 0) is 41.7 Å². The molecule has 0 atom stereocenters. The molecule has 0 aromatic heterocycles. The summed E-state index contributed by atoms with van der Waals surface area (Å²) in [5, 5.41) is 6.55. The van der Waals surface area contributed by atoms with Gasteiger partial charge >= 0.3 is 0 Å². The summed E-state index contributed by atoms with van der Waals surface area (Å²) in [5.74, 6) is 0.735. The van der Waals surface area contributed by atoms with Crippen molar-refractivity contribution in [1.82, 2.24) is 15.5 Å². The van der Waals surface area contributed by atoms with Crippen molar-refractivity contribution in [3.05, 3.63) is 71.0 Å². The van der Waals surface area contributed by atoms with Gasteiger partial charge in [-0.15, -0.1) is 24.0 Å². The number of nitrogens with zero attached hydrogens (tertiary/aromatic N) is 2. The van der Waals surface area contributed by atoms with Crippen molar-refractivity contribution in [3.63, 3.8) is 0 Å². The van der Waals surface area contributed by atoms with Crippen LogP contribution in [-0.2, 0) is 24.3 Å². The van der Waals surface area contributed by atoms with Crippen LogP contribution < -0.4 is 10.6 Å². The highest BCUT2D eigenvalue weighted by Gasteiger charge is 2.19. The van der Waals surface area contributed by atoms with Crippen LogP contribution in [0.4, 0.5) is 4.39 Å². The summed E-state index contributed by atoms with van der Waals surface area (Å²) >= 11 is 0. The third kappa shape index (κ3) is 7.30. The maximum absolute atomic E-state index is 13.2. The van der Waals surface area contributed by atoms with E-state index in [1.807, 2.05) is 17.0 Å². The first-order valence-corrected chi connectivity index (χ1v) is 9.68. The molecule has 2 aromatic carbocycles. The molecule has 0 unspecified atom stereocenters. The monoisotopic (exact) mass is 510 g/mol. The van der Waals surface area contributed by atoms with E-state index in [1.54, 1.807) is 19.2 Å². The predicted octanol–water partition coefficient (Wildman–Crippen LogP) is 3.47. The third-order valence-electron chi connectivity index (χ3n) is 4.81. The van der Waals surface area contributed by atoms with Gasteiger partial charge in [-0.3, -0.25) is 9.79 Å². The lowest BCUT2D eigenvalue weighted by Gasteiger charge is -2.16. The van der Waals surface area contributed by atoms with E-state index in [0.29, 0.717) is 32.0 Å². The molecule has 0 aliphatic carbocycles. The number of carbonyl (C=O) groups excluding carboxylic acids is 1. The van der Waals surface area contributed by atoms with Crippen LogP contribution >= 0.6 is 24.0 Å². The number of rotatable bonds is 7. The first-order valence-electron chi connectivity index (χ1n) is 9.68. The Morgan fingerprint density at radius 1 is 1.10 bits per heavy atom. The number of halogens is 2. The molecular formula is C22H28FIN4O. The number of likely N-dealkylation sites (tertiary alicyclic amines) is 1. The van der Waals surface area contributed by atoms with Crippen LogP contribution in [0.25, 0.3) is 0 Å². The maximum atomic E-state index is 13.2. The Hall–Kier alpha value is -2.16. The fraction of sp³-hybridized carbons (Fsp3) is 0.364. The molecule has 0 bridgehead atoms. The van der Waals surface area contributed by atoms with Gasteiger partial charge in [0.15, 0.2) is 5.96 Å². The lowest BCUT2D eigenvalue weighted by Crippen LogP contribution is -2.37. The van der Waals surface area contributed by atoms with Gasteiger partial charge in [0, 0.05) is 39.6 Å². The van der Waals surface area contributed by atoms with Gasteiger partial charge in [0.1, 0.15) is 5.82 Å². The zero-order chi connectivity index (χ0) is 19.8. The van der Waals surface area contributed by atoms with Crippen LogP contribution in [0.3, 0.4) is 0 Å². The van der Waals surface area contributed by atoms with Crippen molar-refractivity contribution in [2.45, 2.75) is 32.4 Å². The molecule has 1 heterocycles. The van der Waals surface area contributed by atoms with Crippen LogP contribution in [-0.4, -0.2) is 36.9 Å². The molecule has 1 aliphatic rings. The molecule has 0 saturated carbocycles. The zero-order valence-electron chi connectivity index (χ0n) is 16.7. The van der Waals surface area contributed by atoms with E-state index in [1.165, 1.54) is 6.07 Å². The average Bonchev–Trinajstić information content (AvgIpc) is 3.09. The Morgan fingerprint density at radius 3 is 2.59 bits per heavy atom. The van der Waals surface area contributed by atoms with Gasteiger partial charge < -0.3 is 15.5 Å². The van der Waals surface area contributed by atoms with E-state index in [2.05, 4.69) is 33.8 Å². The smallest absolute Gasteiger partial charge is 0.222 e. The molecule has 1 saturated heterocycles. The third-order valence-corrected chi connectivity index (χ3v) is 4.81. The van der Waals surface area contributed by atoms with Crippen LogP contribution in [0.5, 0.6) is 0 Å². The number of amides is 1. The molecular weight excluding hydrogens is 482 g/mol. The molecule has 1 aliphatic heterocycles. The van der Waals surface area contributed by atoms with E-state index in [0.717, 1.165) is 36.1 Å². The number of hydrogen-bond acceptors (Lipinski definition) is 2. The topological polar surface area (TPSA) is 56.7 Å². The van der Waals surface area contributed by atoms with Gasteiger partial charge in [0.05, 0.1) is 0 Å². The number of benzene rings is 2. The lowest BCUT2D eigenvalue weighted by molar-refractivity contribution is -0.128. The Kier molecular flexibility index (Phi) is 9.37. The van der Waals surface area contributed by atoms with Crippen molar-refractivity contribution >= 4 is 35.8 Å². The Bertz CT molecular complexity index is 843. The van der Waals surface area contributed by atoms with Gasteiger partial charge in [-0.25, -0.2) is 4.39 Å². The fourth-order valence-corrected chi connectivity index (χ4v) is 3.35. The Morgan fingerprint density at radius 2 is 1.86 bits per heavy atom. The predicted molar refractivity (Wildman–Crippen MR) is 125 cm³/mol. The lowest BCUT2D eigenvalue weighted by atomic mass is 10.1. The van der Waals surface area contributed by atoms with Crippen LogP contribution in [0, 0.1) is 5.82 Å². The van der Waals surface area contributed by atoms with E-state index < -0.39 is 0 Å². The standard InChI is InChI=1S/C22H27FN4O.HI/c1-24-22(25-11-10-17-5-3-8-20(23)14-17)26-15-18-6-2-7-19(13-18)16-27-12-4-9-21(27)28;/h2-3,5-8,13-14H,4,9-12,15-16H2,1H3,(H2,24,25,26);1H. The van der Waals surface area contributed by atoms with Gasteiger partial charge in [0.2, 0.25) is 5.91 Å². The second-order valence-electron chi connectivity index (χ2n) is 6.97. The first kappa shape index (κ1) is 23.1. The summed E-state index contributed by atoms with van der Waals surface area (Å²) in [6, 6.07) is 14.9. The minimum atomic E-state index is -0.212. The van der Waals surface area contributed by atoms with Crippen molar-refractivity contribution in [3.8, 4) is 0 Å². The molecule has 3 rings (SSSR count). The second-order valence-corrected chi connectivity index (χ2v) is 6.97. The summed E-state index contributed by atoms with van der Waals surface area (Å²) in [6.07, 6.45) is 2.34. The molecule has 5 nitrogen and oxygen atoms in total. The number of carbonyl (C=O) groups is 1. The van der Waals surface area contributed by atoms with Gasteiger partial charge in [0.25, 0.3) is 0 Å². The molecule has 156 valence electrons. The highest BCUT2D eigenvalue weighted by molar-refractivity contribution is 14.0. The number of aliphatic imine (C=N–C) groups is 1. The summed E-state index contributed by atoms with van der Waals surface area (Å²) in [7, 11) is 1.73. The van der Waals surface area contributed by atoms with E-state index in [9.17, 15) is 9.18 Å². The molecule has 7 heteroatoms. The van der Waals surface area contributed by atoms with Crippen molar-refractivity contribution < 1.29 is 9.18 Å². The molecule has 1 fully saturated rings. The van der Waals surface area contributed by atoms with Crippen LogP contribution in [0.15, 0.2) is 53.5 Å². The first-order chi connectivity index (χ1) is 13.6. The summed E-state index contributed by atoms with van der Waals surface area (Å²) in [6.45, 7) is 2.83. The molecule has 0 spiro atoms. The minimum Gasteiger partial charge on any atom is -0.356 e. The zero-order valence-corrected chi connectivity index (χ0v) is 19.0. The highest BCUT2D eigenvalue weighted by Crippen LogP contribution is 2.15. The molecule has 1 amide bonds. The number of nitrogens with one attached hydrogen (secondary N) is 2. The largest absolute Gasteiger partial charge is 0.356 e. The number of hydrogen-bond donors (Lipinski definition) is 2. The SMILES string of the molecule is CN=C(NCCc1cccc(F)c1)NCc1cccc(CN2CCCC2=O)c1.I. The molecule has 0 radical (unpaired) electrons. The van der Waals surface area contributed by atoms with Crippen molar-refractivity contribution in [2.75, 3.05) is 20.1 Å². The summed E-state index contributed by atoms with van der Waals surface area (Å²) < 4.78 is 13.2. The van der Waals surface area contributed by atoms with Crippen molar-refractivity contribution in [2.24, 2.45) is 4.99 Å². The van der Waals surface area contributed by atoms with E-state index in [4.69, 9.17) is 0 Å². The van der Waals surface area contributed by atoms with Gasteiger partial charge in [-0.2, -0.15) is 0 Å². The van der Waals surface area contributed by atoms with Gasteiger partial charge in [-0.1, -0.05) is 36.4 Å². The van der Waals surface area contributed by atoms with Crippen LogP contribution in [0.1, 0.15) is 29.5 Å². The molecule has 2 aromatic rings. The van der Waals surface area contributed by atoms with Crippen LogP contribution in [0.2, 0.25) is 0 Å². The maximum Gasteiger partial charge on any atom is 0.222 e. The van der Waals surface area contributed by atoms with Crippen molar-refractivity contribution in [1.29, 1.82) is 0 Å². The van der Waals surface area contributed by atoms with E-state index in [-0.39, 0.29) is 35.7 Å². The van der Waals surface area contributed by atoms with E-state index >= 15 is 0 Å². The Labute approximate surface area is 188 Å². The minimum absolute atomic E-state index is 0. The summed E-state index contributed by atoms with van der Waals surface area (Å²) in [4.78, 5) is 18.0. The average molecular weight is 510 g/mol. The highest BCUT2D eigenvalue weighted by atomic mass is 127. The Balaban J connectivity index is 0.00000300. The summed E-state index contributed by atoms with van der Waals surface area (Å²) in [5.41, 5.74) is 3.23. The second kappa shape index (κ2) is 11.7.